The predicted molar refractivity (Wildman–Crippen MR) is 52.2 cm³/mol. The van der Waals surface area contributed by atoms with Gasteiger partial charge in [-0.1, -0.05) is 13.0 Å². The highest BCUT2D eigenvalue weighted by Crippen LogP contribution is 2.21. The van der Waals surface area contributed by atoms with Crippen LogP contribution < -0.4 is 0 Å². The Morgan fingerprint density at radius 1 is 1.46 bits per heavy atom. The van der Waals surface area contributed by atoms with Gasteiger partial charge in [0.2, 0.25) is 0 Å². The standard InChI is InChI=1S/C9H16O3S/c1-2-12-7-6-9-5-3-4-8-13(9,10)11/h2,9H,1,3-8H2. The van der Waals surface area contributed by atoms with Crippen molar-refractivity contribution in [3.8, 4) is 0 Å². The molecule has 0 aromatic heterocycles. The molecule has 13 heavy (non-hydrogen) atoms. The molecule has 1 aliphatic rings. The van der Waals surface area contributed by atoms with Gasteiger partial charge in [0.1, 0.15) is 0 Å². The van der Waals surface area contributed by atoms with E-state index in [0.29, 0.717) is 18.8 Å². The van der Waals surface area contributed by atoms with Gasteiger partial charge in [-0.05, 0) is 19.3 Å². The maximum absolute atomic E-state index is 11.5. The molecule has 76 valence electrons. The monoisotopic (exact) mass is 204 g/mol. The normalized spacial score (nSPS) is 26.6. The molecule has 1 atom stereocenters. The first-order chi connectivity index (χ1) is 6.17. The molecule has 1 rings (SSSR count). The SMILES string of the molecule is C=COCCC1CCCCS1(=O)=O. The molecule has 4 heteroatoms. The Morgan fingerprint density at radius 2 is 2.23 bits per heavy atom. The lowest BCUT2D eigenvalue weighted by Gasteiger charge is -2.21. The first-order valence-corrected chi connectivity index (χ1v) is 6.32. The summed E-state index contributed by atoms with van der Waals surface area (Å²) in [6.07, 6.45) is 4.60. The Labute approximate surface area is 79.7 Å². The van der Waals surface area contributed by atoms with Gasteiger partial charge in [-0.15, -0.1) is 0 Å². The van der Waals surface area contributed by atoms with Crippen LogP contribution in [0.1, 0.15) is 25.7 Å². The number of ether oxygens (including phenoxy) is 1. The minimum absolute atomic E-state index is 0.179. The molecular formula is C9H16O3S. The van der Waals surface area contributed by atoms with Crippen molar-refractivity contribution < 1.29 is 13.2 Å². The van der Waals surface area contributed by atoms with Crippen molar-refractivity contribution >= 4 is 9.84 Å². The summed E-state index contributed by atoms with van der Waals surface area (Å²) in [5.74, 6) is 0.353. The smallest absolute Gasteiger partial charge is 0.153 e. The summed E-state index contributed by atoms with van der Waals surface area (Å²) in [4.78, 5) is 0. The second-order valence-corrected chi connectivity index (χ2v) is 5.71. The lowest BCUT2D eigenvalue weighted by Crippen LogP contribution is -2.29. The van der Waals surface area contributed by atoms with Crippen LogP contribution >= 0.6 is 0 Å². The Kier molecular flexibility index (Phi) is 3.78. The van der Waals surface area contributed by atoms with E-state index in [2.05, 4.69) is 6.58 Å². The Bertz CT molecular complexity index is 256. The van der Waals surface area contributed by atoms with E-state index in [4.69, 9.17) is 4.74 Å². The third-order valence-corrected chi connectivity index (χ3v) is 4.73. The van der Waals surface area contributed by atoms with Gasteiger partial charge >= 0.3 is 0 Å². The second kappa shape index (κ2) is 4.65. The molecule has 3 nitrogen and oxygen atoms in total. The van der Waals surface area contributed by atoms with Crippen LogP contribution in [0.3, 0.4) is 0 Å². The first kappa shape index (κ1) is 10.6. The third kappa shape index (κ3) is 3.03. The van der Waals surface area contributed by atoms with Gasteiger partial charge in [0.15, 0.2) is 9.84 Å². The van der Waals surface area contributed by atoms with Gasteiger partial charge in [0, 0.05) is 0 Å². The van der Waals surface area contributed by atoms with E-state index in [9.17, 15) is 8.42 Å². The van der Waals surface area contributed by atoms with Crippen LogP contribution in [0.25, 0.3) is 0 Å². The van der Waals surface area contributed by atoms with Crippen molar-refractivity contribution in [3.63, 3.8) is 0 Å². The van der Waals surface area contributed by atoms with Crippen molar-refractivity contribution in [2.24, 2.45) is 0 Å². The van der Waals surface area contributed by atoms with Gasteiger partial charge in [-0.25, -0.2) is 8.42 Å². The maximum Gasteiger partial charge on any atom is 0.153 e. The highest BCUT2D eigenvalue weighted by molar-refractivity contribution is 7.92. The Balaban J connectivity index is 2.42. The highest BCUT2D eigenvalue weighted by atomic mass is 32.2. The average molecular weight is 204 g/mol. The zero-order chi connectivity index (χ0) is 9.73. The Morgan fingerprint density at radius 3 is 2.85 bits per heavy atom. The molecule has 0 saturated carbocycles. The van der Waals surface area contributed by atoms with Crippen LogP contribution in [0, 0.1) is 0 Å². The lowest BCUT2D eigenvalue weighted by molar-refractivity contribution is 0.241. The van der Waals surface area contributed by atoms with Gasteiger partial charge in [-0.2, -0.15) is 0 Å². The molecule has 0 aromatic carbocycles. The van der Waals surface area contributed by atoms with Crippen LogP contribution in [0.15, 0.2) is 12.8 Å². The summed E-state index contributed by atoms with van der Waals surface area (Å²) < 4.78 is 27.9. The van der Waals surface area contributed by atoms with Crippen molar-refractivity contribution in [2.45, 2.75) is 30.9 Å². The molecule has 0 aliphatic carbocycles. The average Bonchev–Trinajstić information content (AvgIpc) is 2.08. The molecule has 1 unspecified atom stereocenters. The fourth-order valence-electron chi connectivity index (χ4n) is 1.63. The van der Waals surface area contributed by atoms with E-state index in [-0.39, 0.29) is 5.25 Å². The highest BCUT2D eigenvalue weighted by Gasteiger charge is 2.28. The van der Waals surface area contributed by atoms with Gasteiger partial charge in [-0.3, -0.25) is 0 Å². The van der Waals surface area contributed by atoms with Crippen molar-refractivity contribution in [1.29, 1.82) is 0 Å². The quantitative estimate of drug-likeness (QED) is 0.515. The summed E-state index contributed by atoms with van der Waals surface area (Å²) in [7, 11) is -2.82. The molecule has 1 heterocycles. The molecule has 0 amide bonds. The van der Waals surface area contributed by atoms with E-state index in [0.717, 1.165) is 19.3 Å². The summed E-state index contributed by atoms with van der Waals surface area (Å²) in [5, 5.41) is -0.179. The summed E-state index contributed by atoms with van der Waals surface area (Å²) in [6, 6.07) is 0. The van der Waals surface area contributed by atoms with Gasteiger partial charge < -0.3 is 4.74 Å². The fourth-order valence-corrected chi connectivity index (χ4v) is 3.55. The molecule has 0 bridgehead atoms. The third-order valence-electron chi connectivity index (χ3n) is 2.39. The van der Waals surface area contributed by atoms with E-state index in [1.165, 1.54) is 6.26 Å². The number of sulfone groups is 1. The van der Waals surface area contributed by atoms with Crippen LogP contribution in [0.4, 0.5) is 0 Å². The van der Waals surface area contributed by atoms with Crippen LogP contribution in [0.2, 0.25) is 0 Å². The van der Waals surface area contributed by atoms with E-state index < -0.39 is 9.84 Å². The molecule has 0 spiro atoms. The molecule has 1 aliphatic heterocycles. The minimum Gasteiger partial charge on any atom is -0.502 e. The number of hydrogen-bond acceptors (Lipinski definition) is 3. The van der Waals surface area contributed by atoms with Crippen LogP contribution in [-0.2, 0) is 14.6 Å². The van der Waals surface area contributed by atoms with Crippen molar-refractivity contribution in [3.05, 3.63) is 12.8 Å². The Hall–Kier alpha value is -0.510. The van der Waals surface area contributed by atoms with E-state index in [1.54, 1.807) is 0 Å². The van der Waals surface area contributed by atoms with Crippen LogP contribution in [0.5, 0.6) is 0 Å². The largest absolute Gasteiger partial charge is 0.502 e. The zero-order valence-corrected chi connectivity index (χ0v) is 8.55. The number of hydrogen-bond donors (Lipinski definition) is 0. The molecule has 0 radical (unpaired) electrons. The van der Waals surface area contributed by atoms with Crippen LogP contribution in [-0.4, -0.2) is 26.0 Å². The summed E-state index contributed by atoms with van der Waals surface area (Å²) >= 11 is 0. The molecule has 1 fully saturated rings. The fraction of sp³-hybridized carbons (Fsp3) is 0.778. The van der Waals surface area contributed by atoms with E-state index >= 15 is 0 Å². The summed E-state index contributed by atoms with van der Waals surface area (Å²) in [5.41, 5.74) is 0. The summed E-state index contributed by atoms with van der Waals surface area (Å²) in [6.45, 7) is 3.87. The second-order valence-electron chi connectivity index (χ2n) is 3.31. The minimum atomic E-state index is -2.82. The molecule has 0 aromatic rings. The molecule has 0 N–H and O–H groups in total. The molecular weight excluding hydrogens is 188 g/mol. The van der Waals surface area contributed by atoms with Gasteiger partial charge in [0.05, 0.1) is 23.9 Å². The van der Waals surface area contributed by atoms with Crippen molar-refractivity contribution in [2.75, 3.05) is 12.4 Å². The van der Waals surface area contributed by atoms with Crippen molar-refractivity contribution in [1.82, 2.24) is 0 Å². The first-order valence-electron chi connectivity index (χ1n) is 4.61. The molecule has 1 saturated heterocycles. The number of rotatable bonds is 4. The van der Waals surface area contributed by atoms with Gasteiger partial charge in [0.25, 0.3) is 0 Å². The topological polar surface area (TPSA) is 43.4 Å². The predicted octanol–water partition coefficient (Wildman–Crippen LogP) is 1.50. The lowest BCUT2D eigenvalue weighted by atomic mass is 10.1. The maximum atomic E-state index is 11.5. The zero-order valence-electron chi connectivity index (χ0n) is 7.74. The van der Waals surface area contributed by atoms with E-state index in [1.807, 2.05) is 0 Å².